The normalized spacial score (nSPS) is 15.0. The van der Waals surface area contributed by atoms with E-state index in [-0.39, 0.29) is 5.56 Å². The van der Waals surface area contributed by atoms with E-state index in [1.54, 1.807) is 13.1 Å². The quantitative estimate of drug-likeness (QED) is 0.508. The van der Waals surface area contributed by atoms with Gasteiger partial charge in [-0.25, -0.2) is 4.98 Å². The van der Waals surface area contributed by atoms with Crippen molar-refractivity contribution in [2.45, 2.75) is 13.5 Å². The number of morpholine rings is 1. The largest absolute Gasteiger partial charge is 0.379 e. The van der Waals surface area contributed by atoms with Gasteiger partial charge in [-0.2, -0.15) is 0 Å². The Hall–Kier alpha value is -3.55. The van der Waals surface area contributed by atoms with Gasteiger partial charge in [0.15, 0.2) is 0 Å². The van der Waals surface area contributed by atoms with Crippen LogP contribution < -0.4 is 5.56 Å². The van der Waals surface area contributed by atoms with E-state index in [2.05, 4.69) is 55.2 Å². The number of fused-ring (bicyclic) bond motifs is 1. The SMILES string of the molecule is Cc1nc2[nH]c(-c3ccnc(C=Cc4ccc(CN5CCOCC5)cc4)c3)cc2c(=O)[nH]1. The monoisotopic (exact) mass is 427 g/mol. The highest BCUT2D eigenvalue weighted by Gasteiger charge is 2.11. The van der Waals surface area contributed by atoms with Gasteiger partial charge in [-0.05, 0) is 42.3 Å². The third-order valence-corrected chi connectivity index (χ3v) is 5.64. The molecule has 7 heteroatoms. The number of aromatic nitrogens is 4. The predicted octanol–water partition coefficient (Wildman–Crippen LogP) is 3.62. The van der Waals surface area contributed by atoms with E-state index in [9.17, 15) is 4.79 Å². The van der Waals surface area contributed by atoms with Crippen molar-refractivity contribution >= 4 is 23.2 Å². The van der Waals surface area contributed by atoms with Crippen molar-refractivity contribution in [3.05, 3.63) is 81.7 Å². The van der Waals surface area contributed by atoms with Crippen molar-refractivity contribution in [3.63, 3.8) is 0 Å². The van der Waals surface area contributed by atoms with Crippen molar-refractivity contribution in [1.82, 2.24) is 24.8 Å². The van der Waals surface area contributed by atoms with Crippen molar-refractivity contribution in [3.8, 4) is 11.3 Å². The van der Waals surface area contributed by atoms with Gasteiger partial charge in [0, 0.05) is 37.1 Å². The summed E-state index contributed by atoms with van der Waals surface area (Å²) >= 11 is 0. The predicted molar refractivity (Wildman–Crippen MR) is 126 cm³/mol. The average Bonchev–Trinajstić information content (AvgIpc) is 3.24. The van der Waals surface area contributed by atoms with Gasteiger partial charge in [0.1, 0.15) is 11.5 Å². The Bertz CT molecular complexity index is 1310. The van der Waals surface area contributed by atoms with Gasteiger partial charge in [0.05, 0.1) is 24.3 Å². The Morgan fingerprint density at radius 2 is 1.88 bits per heavy atom. The molecule has 0 bridgehead atoms. The second-order valence-electron chi connectivity index (χ2n) is 8.03. The minimum absolute atomic E-state index is 0.138. The first-order chi connectivity index (χ1) is 15.6. The molecule has 2 N–H and O–H groups in total. The van der Waals surface area contributed by atoms with Gasteiger partial charge in [-0.1, -0.05) is 30.3 Å². The number of nitrogens with zero attached hydrogens (tertiary/aromatic N) is 3. The van der Waals surface area contributed by atoms with Crippen LogP contribution in [-0.2, 0) is 11.3 Å². The summed E-state index contributed by atoms with van der Waals surface area (Å²) in [7, 11) is 0. The van der Waals surface area contributed by atoms with Crippen LogP contribution in [0.5, 0.6) is 0 Å². The number of hydrogen-bond donors (Lipinski definition) is 2. The van der Waals surface area contributed by atoms with Crippen LogP contribution in [0.1, 0.15) is 22.6 Å². The van der Waals surface area contributed by atoms with Crippen LogP contribution in [0.2, 0.25) is 0 Å². The summed E-state index contributed by atoms with van der Waals surface area (Å²) in [5, 5.41) is 0.552. The first-order valence-corrected chi connectivity index (χ1v) is 10.8. The van der Waals surface area contributed by atoms with E-state index in [1.165, 1.54) is 5.56 Å². The maximum absolute atomic E-state index is 12.2. The zero-order valence-electron chi connectivity index (χ0n) is 18.0. The van der Waals surface area contributed by atoms with Crippen LogP contribution >= 0.6 is 0 Å². The average molecular weight is 428 g/mol. The summed E-state index contributed by atoms with van der Waals surface area (Å²) in [6.45, 7) is 6.34. The molecule has 1 fully saturated rings. The standard InChI is InChI=1S/C25H25N5O2/c1-17-27-24-22(25(31)28-17)15-23(29-24)20-8-9-26-21(14-20)7-6-18-2-4-19(5-3-18)16-30-10-12-32-13-11-30/h2-9,14-15H,10-13,16H2,1H3,(H2,27,28,29,31). The van der Waals surface area contributed by atoms with Gasteiger partial charge in [-0.3, -0.25) is 14.7 Å². The van der Waals surface area contributed by atoms with Crippen LogP contribution in [0.25, 0.3) is 34.4 Å². The molecule has 32 heavy (non-hydrogen) atoms. The highest BCUT2D eigenvalue weighted by atomic mass is 16.5. The van der Waals surface area contributed by atoms with E-state index in [0.717, 1.165) is 55.4 Å². The molecule has 7 nitrogen and oxygen atoms in total. The second kappa shape index (κ2) is 8.90. The number of H-pyrrole nitrogens is 2. The Morgan fingerprint density at radius 1 is 1.06 bits per heavy atom. The van der Waals surface area contributed by atoms with E-state index < -0.39 is 0 Å². The van der Waals surface area contributed by atoms with Gasteiger partial charge in [-0.15, -0.1) is 0 Å². The number of benzene rings is 1. The first kappa shape index (κ1) is 20.4. The van der Waals surface area contributed by atoms with E-state index in [0.29, 0.717) is 16.9 Å². The molecule has 0 saturated carbocycles. The molecule has 0 aliphatic carbocycles. The fraction of sp³-hybridized carbons (Fsp3) is 0.240. The Kier molecular flexibility index (Phi) is 5.66. The van der Waals surface area contributed by atoms with E-state index in [1.807, 2.05) is 24.3 Å². The van der Waals surface area contributed by atoms with Crippen LogP contribution in [0.3, 0.4) is 0 Å². The molecule has 5 rings (SSSR count). The number of nitrogens with one attached hydrogen (secondary N) is 2. The molecule has 0 unspecified atom stereocenters. The number of pyridine rings is 1. The fourth-order valence-corrected chi connectivity index (χ4v) is 3.93. The second-order valence-corrected chi connectivity index (χ2v) is 8.03. The third kappa shape index (κ3) is 4.54. The molecule has 1 aliphatic rings. The maximum Gasteiger partial charge on any atom is 0.260 e. The molecule has 4 aromatic rings. The summed E-state index contributed by atoms with van der Waals surface area (Å²) in [4.78, 5) is 29.4. The number of rotatable bonds is 5. The molecule has 1 saturated heterocycles. The molecule has 0 atom stereocenters. The van der Waals surface area contributed by atoms with Crippen molar-refractivity contribution < 1.29 is 4.74 Å². The Balaban J connectivity index is 1.31. The Labute approximate surface area is 185 Å². The van der Waals surface area contributed by atoms with E-state index >= 15 is 0 Å². The van der Waals surface area contributed by atoms with Gasteiger partial charge in [0.25, 0.3) is 5.56 Å². The summed E-state index contributed by atoms with van der Waals surface area (Å²) < 4.78 is 5.42. The third-order valence-electron chi connectivity index (χ3n) is 5.64. The molecule has 3 aromatic heterocycles. The molecule has 1 aromatic carbocycles. The molecule has 0 amide bonds. The van der Waals surface area contributed by atoms with Gasteiger partial charge in [0.2, 0.25) is 0 Å². The summed E-state index contributed by atoms with van der Waals surface area (Å²) in [5.74, 6) is 0.588. The van der Waals surface area contributed by atoms with Crippen molar-refractivity contribution in [2.75, 3.05) is 26.3 Å². The topological polar surface area (TPSA) is 86.9 Å². The maximum atomic E-state index is 12.2. The van der Waals surface area contributed by atoms with Crippen LogP contribution in [0, 0.1) is 6.92 Å². The lowest BCUT2D eigenvalue weighted by Crippen LogP contribution is -2.35. The molecular formula is C25H25N5O2. The summed E-state index contributed by atoms with van der Waals surface area (Å²) in [6.07, 6.45) is 5.83. The number of hydrogen-bond acceptors (Lipinski definition) is 5. The molecular weight excluding hydrogens is 402 g/mol. The summed E-state index contributed by atoms with van der Waals surface area (Å²) in [5.41, 5.74) is 5.52. The van der Waals surface area contributed by atoms with Crippen LogP contribution in [0.15, 0.2) is 53.5 Å². The minimum Gasteiger partial charge on any atom is -0.379 e. The number of ether oxygens (including phenoxy) is 1. The minimum atomic E-state index is -0.138. The smallest absolute Gasteiger partial charge is 0.260 e. The lowest BCUT2D eigenvalue weighted by molar-refractivity contribution is 0.0342. The number of aryl methyl sites for hydroxylation is 1. The molecule has 162 valence electrons. The highest BCUT2D eigenvalue weighted by molar-refractivity contribution is 5.82. The molecule has 1 aliphatic heterocycles. The van der Waals surface area contributed by atoms with Gasteiger partial charge >= 0.3 is 0 Å². The highest BCUT2D eigenvalue weighted by Crippen LogP contribution is 2.22. The van der Waals surface area contributed by atoms with Crippen molar-refractivity contribution in [1.29, 1.82) is 0 Å². The molecule has 4 heterocycles. The molecule has 0 spiro atoms. The lowest BCUT2D eigenvalue weighted by atomic mass is 10.1. The fourth-order valence-electron chi connectivity index (χ4n) is 3.93. The lowest BCUT2D eigenvalue weighted by Gasteiger charge is -2.26. The van der Waals surface area contributed by atoms with Crippen molar-refractivity contribution in [2.24, 2.45) is 0 Å². The van der Waals surface area contributed by atoms with Crippen LogP contribution in [0.4, 0.5) is 0 Å². The van der Waals surface area contributed by atoms with E-state index in [4.69, 9.17) is 4.74 Å². The first-order valence-electron chi connectivity index (χ1n) is 10.8. The zero-order valence-corrected chi connectivity index (χ0v) is 18.0. The number of aromatic amines is 2. The van der Waals surface area contributed by atoms with Gasteiger partial charge < -0.3 is 14.7 Å². The molecule has 0 radical (unpaired) electrons. The summed E-state index contributed by atoms with van der Waals surface area (Å²) in [6, 6.07) is 14.4. The Morgan fingerprint density at radius 3 is 2.69 bits per heavy atom. The zero-order chi connectivity index (χ0) is 21.9. The van der Waals surface area contributed by atoms with Crippen LogP contribution in [-0.4, -0.2) is 51.1 Å².